The number of rotatable bonds is 2. The van der Waals surface area contributed by atoms with E-state index in [9.17, 15) is 4.79 Å². The molecule has 0 spiro atoms. The third kappa shape index (κ3) is 4.25. The maximum atomic E-state index is 12.1. The van der Waals surface area contributed by atoms with Crippen LogP contribution in [0.4, 0.5) is 0 Å². The SMILES string of the molecule is CC1CC(C)(C)CC(=O)C1CSC(=S)N(C)C. The Bertz CT molecular complexity index is 313. The van der Waals surface area contributed by atoms with Crippen LogP contribution in [0.25, 0.3) is 0 Å². The average Bonchev–Trinajstić information content (AvgIpc) is 2.13. The van der Waals surface area contributed by atoms with Gasteiger partial charge in [-0.15, -0.1) is 0 Å². The molecule has 1 aliphatic carbocycles. The Morgan fingerprint density at radius 2 is 2.12 bits per heavy atom. The van der Waals surface area contributed by atoms with Crippen LogP contribution in [0.5, 0.6) is 0 Å². The topological polar surface area (TPSA) is 20.3 Å². The molecule has 0 saturated heterocycles. The zero-order valence-corrected chi connectivity index (χ0v) is 13.1. The number of thiocarbonyl (C=S) groups is 1. The molecule has 2 atom stereocenters. The monoisotopic (exact) mass is 273 g/mol. The van der Waals surface area contributed by atoms with Crippen LogP contribution in [0.2, 0.25) is 0 Å². The molecule has 0 heterocycles. The van der Waals surface area contributed by atoms with E-state index in [0.29, 0.717) is 11.7 Å². The first-order valence-corrected chi connectivity index (χ1v) is 7.49. The molecule has 0 aromatic heterocycles. The van der Waals surface area contributed by atoms with Crippen molar-refractivity contribution in [3.05, 3.63) is 0 Å². The number of thioether (sulfide) groups is 1. The van der Waals surface area contributed by atoms with Crippen molar-refractivity contribution < 1.29 is 4.79 Å². The van der Waals surface area contributed by atoms with Gasteiger partial charge in [-0.2, -0.15) is 0 Å². The van der Waals surface area contributed by atoms with Crippen molar-refractivity contribution >= 4 is 34.1 Å². The molecule has 0 aliphatic heterocycles. The van der Waals surface area contributed by atoms with Gasteiger partial charge in [-0.1, -0.05) is 44.8 Å². The van der Waals surface area contributed by atoms with E-state index in [-0.39, 0.29) is 11.3 Å². The third-order valence-corrected chi connectivity index (χ3v) is 5.24. The molecule has 0 aromatic rings. The summed E-state index contributed by atoms with van der Waals surface area (Å²) in [5.74, 6) is 1.92. The minimum absolute atomic E-state index is 0.180. The van der Waals surface area contributed by atoms with Crippen LogP contribution in [0, 0.1) is 17.3 Å². The summed E-state index contributed by atoms with van der Waals surface area (Å²) in [6.45, 7) is 6.58. The summed E-state index contributed by atoms with van der Waals surface area (Å²) < 4.78 is 0.870. The van der Waals surface area contributed by atoms with E-state index >= 15 is 0 Å². The van der Waals surface area contributed by atoms with Gasteiger partial charge in [0.25, 0.3) is 0 Å². The van der Waals surface area contributed by atoms with Gasteiger partial charge in [-0.3, -0.25) is 4.79 Å². The molecule has 1 fully saturated rings. The van der Waals surface area contributed by atoms with Crippen LogP contribution < -0.4 is 0 Å². The Labute approximate surface area is 115 Å². The van der Waals surface area contributed by atoms with E-state index in [4.69, 9.17) is 12.2 Å². The average molecular weight is 273 g/mol. The van der Waals surface area contributed by atoms with E-state index in [0.717, 1.165) is 22.9 Å². The van der Waals surface area contributed by atoms with Crippen LogP contribution >= 0.6 is 24.0 Å². The zero-order valence-electron chi connectivity index (χ0n) is 11.4. The second-order valence-electron chi connectivity index (χ2n) is 6.07. The number of hydrogen-bond donors (Lipinski definition) is 0. The molecule has 0 bridgehead atoms. The first-order valence-electron chi connectivity index (χ1n) is 6.10. The molecule has 0 radical (unpaired) electrons. The van der Waals surface area contributed by atoms with Gasteiger partial charge >= 0.3 is 0 Å². The van der Waals surface area contributed by atoms with Crippen molar-refractivity contribution in [1.82, 2.24) is 4.90 Å². The second-order valence-corrected chi connectivity index (χ2v) is 7.72. The van der Waals surface area contributed by atoms with E-state index in [1.54, 1.807) is 11.8 Å². The highest BCUT2D eigenvalue weighted by molar-refractivity contribution is 8.22. The van der Waals surface area contributed by atoms with Gasteiger partial charge in [-0.05, 0) is 17.8 Å². The second kappa shape index (κ2) is 5.70. The molecule has 17 heavy (non-hydrogen) atoms. The number of Topliss-reactive ketones (excluding diaryl/α,β-unsaturated/α-hetero) is 1. The van der Waals surface area contributed by atoms with Crippen molar-refractivity contribution in [2.24, 2.45) is 17.3 Å². The van der Waals surface area contributed by atoms with Gasteiger partial charge in [0.15, 0.2) is 0 Å². The summed E-state index contributed by atoms with van der Waals surface area (Å²) >= 11 is 6.88. The van der Waals surface area contributed by atoms with E-state index < -0.39 is 0 Å². The molecule has 2 nitrogen and oxygen atoms in total. The first kappa shape index (κ1) is 15.0. The Morgan fingerprint density at radius 1 is 1.53 bits per heavy atom. The van der Waals surface area contributed by atoms with E-state index in [1.165, 1.54) is 0 Å². The predicted octanol–water partition coefficient (Wildman–Crippen LogP) is 3.21. The molecule has 1 aliphatic rings. The molecular weight excluding hydrogens is 250 g/mol. The molecule has 0 amide bonds. The van der Waals surface area contributed by atoms with Crippen molar-refractivity contribution in [3.8, 4) is 0 Å². The highest BCUT2D eigenvalue weighted by atomic mass is 32.2. The standard InChI is InChI=1S/C13H23NOS2/c1-9-6-13(2,3)7-11(15)10(9)8-17-12(16)14(4)5/h9-10H,6-8H2,1-5H3. The Balaban J connectivity index is 2.55. The molecular formula is C13H23NOS2. The fraction of sp³-hybridized carbons (Fsp3) is 0.846. The molecule has 2 unspecified atom stereocenters. The summed E-state index contributed by atoms with van der Waals surface area (Å²) in [4.78, 5) is 14.1. The zero-order chi connectivity index (χ0) is 13.2. The maximum Gasteiger partial charge on any atom is 0.137 e. The van der Waals surface area contributed by atoms with Gasteiger partial charge < -0.3 is 4.90 Å². The maximum absolute atomic E-state index is 12.1. The van der Waals surface area contributed by atoms with Crippen LogP contribution in [0.3, 0.4) is 0 Å². The highest BCUT2D eigenvalue weighted by Crippen LogP contribution is 2.40. The van der Waals surface area contributed by atoms with Crippen LogP contribution in [-0.4, -0.2) is 34.9 Å². The number of carbonyl (C=O) groups is 1. The van der Waals surface area contributed by atoms with E-state index in [2.05, 4.69) is 20.8 Å². The number of carbonyl (C=O) groups excluding carboxylic acids is 1. The van der Waals surface area contributed by atoms with Gasteiger partial charge in [0, 0.05) is 32.2 Å². The quantitative estimate of drug-likeness (QED) is 0.720. The van der Waals surface area contributed by atoms with Crippen LogP contribution in [0.1, 0.15) is 33.6 Å². The lowest BCUT2D eigenvalue weighted by atomic mass is 9.68. The lowest BCUT2D eigenvalue weighted by Crippen LogP contribution is -2.37. The summed E-state index contributed by atoms with van der Waals surface area (Å²) in [5.41, 5.74) is 0.180. The molecule has 4 heteroatoms. The summed E-state index contributed by atoms with van der Waals surface area (Å²) in [7, 11) is 3.90. The summed E-state index contributed by atoms with van der Waals surface area (Å²) in [5, 5.41) is 0. The lowest BCUT2D eigenvalue weighted by Gasteiger charge is -2.38. The number of ketones is 1. The predicted molar refractivity (Wildman–Crippen MR) is 79.4 cm³/mol. The van der Waals surface area contributed by atoms with Crippen molar-refractivity contribution in [2.45, 2.75) is 33.6 Å². The number of hydrogen-bond acceptors (Lipinski definition) is 3. The van der Waals surface area contributed by atoms with Gasteiger partial charge in [0.2, 0.25) is 0 Å². The fourth-order valence-corrected chi connectivity index (χ4v) is 3.85. The highest BCUT2D eigenvalue weighted by Gasteiger charge is 2.38. The van der Waals surface area contributed by atoms with Gasteiger partial charge in [-0.25, -0.2) is 0 Å². The molecule has 1 rings (SSSR count). The molecule has 0 aromatic carbocycles. The molecule has 0 N–H and O–H groups in total. The van der Waals surface area contributed by atoms with Gasteiger partial charge in [0.1, 0.15) is 10.1 Å². The molecule has 98 valence electrons. The van der Waals surface area contributed by atoms with Gasteiger partial charge in [0.05, 0.1) is 0 Å². The summed E-state index contributed by atoms with van der Waals surface area (Å²) in [6, 6.07) is 0. The minimum atomic E-state index is 0.180. The van der Waals surface area contributed by atoms with E-state index in [1.807, 2.05) is 19.0 Å². The van der Waals surface area contributed by atoms with Crippen molar-refractivity contribution in [3.63, 3.8) is 0 Å². The van der Waals surface area contributed by atoms with Crippen molar-refractivity contribution in [1.29, 1.82) is 0 Å². The van der Waals surface area contributed by atoms with Crippen LogP contribution in [-0.2, 0) is 4.79 Å². The first-order chi connectivity index (χ1) is 7.73. The summed E-state index contributed by atoms with van der Waals surface area (Å²) in [6.07, 6.45) is 1.86. The Hall–Kier alpha value is -0.0900. The Kier molecular flexibility index (Phi) is 5.02. The minimum Gasteiger partial charge on any atom is -0.364 e. The normalized spacial score (nSPS) is 27.9. The smallest absolute Gasteiger partial charge is 0.137 e. The largest absolute Gasteiger partial charge is 0.364 e. The number of nitrogens with zero attached hydrogens (tertiary/aromatic N) is 1. The third-order valence-electron chi connectivity index (χ3n) is 3.38. The lowest BCUT2D eigenvalue weighted by molar-refractivity contribution is -0.129. The van der Waals surface area contributed by atoms with Crippen LogP contribution in [0.15, 0.2) is 0 Å². The Morgan fingerprint density at radius 3 is 2.59 bits per heavy atom. The molecule has 1 saturated carbocycles. The fourth-order valence-electron chi connectivity index (χ4n) is 2.55. The van der Waals surface area contributed by atoms with Crippen molar-refractivity contribution in [2.75, 3.05) is 19.8 Å².